The largest absolute Gasteiger partial charge is 0.365 e. The van der Waals surface area contributed by atoms with Crippen LogP contribution in [0.2, 0.25) is 15.1 Å². The Kier molecular flexibility index (Phi) is 8.19. The van der Waals surface area contributed by atoms with Crippen molar-refractivity contribution in [2.24, 2.45) is 0 Å². The molecule has 2 aromatic heterocycles. The molecule has 2 aliphatic rings. The number of carbonyl (C=O) groups excluding carboxylic acids is 1. The number of pyridine rings is 1. The number of piperazine rings is 1. The smallest absolute Gasteiger partial charge is 0.273 e. The number of benzene rings is 1. The average Bonchev–Trinajstić information content (AvgIpc) is 3.40. The lowest BCUT2D eigenvalue weighted by atomic mass is 9.99. The molecule has 8 nitrogen and oxygen atoms in total. The third-order valence-electron chi connectivity index (χ3n) is 7.04. The van der Waals surface area contributed by atoms with E-state index in [1.54, 1.807) is 34.8 Å². The van der Waals surface area contributed by atoms with E-state index in [0.717, 1.165) is 16.3 Å². The average molecular weight is 615 g/mol. The first kappa shape index (κ1) is 27.6. The number of halogens is 3. The fraction of sp³-hybridized carbons (Fsp3) is 0.400. The summed E-state index contributed by atoms with van der Waals surface area (Å²) in [6.45, 7) is 4.88. The number of carbonyl (C=O) groups is 1. The zero-order valence-corrected chi connectivity index (χ0v) is 24.5. The molecular formula is C25H26Cl3N5O3S2. The summed E-state index contributed by atoms with van der Waals surface area (Å²) in [6, 6.07) is 4.83. The maximum Gasteiger partial charge on any atom is 0.273 e. The van der Waals surface area contributed by atoms with Gasteiger partial charge in [-0.15, -0.1) is 11.3 Å². The molecule has 2 aliphatic heterocycles. The van der Waals surface area contributed by atoms with Crippen LogP contribution in [0, 0.1) is 6.92 Å². The normalized spacial score (nSPS) is 17.7. The van der Waals surface area contributed by atoms with Crippen molar-refractivity contribution in [1.82, 2.24) is 19.2 Å². The topological polar surface area (TPSA) is 86.7 Å². The van der Waals surface area contributed by atoms with Crippen LogP contribution in [-0.2, 0) is 10.0 Å². The van der Waals surface area contributed by atoms with E-state index in [9.17, 15) is 13.2 Å². The molecule has 5 rings (SSSR count). The van der Waals surface area contributed by atoms with Crippen LogP contribution in [-0.4, -0.2) is 72.8 Å². The van der Waals surface area contributed by atoms with Gasteiger partial charge in [0.25, 0.3) is 5.91 Å². The van der Waals surface area contributed by atoms with Crippen molar-refractivity contribution in [3.05, 3.63) is 67.3 Å². The third-order valence-corrected chi connectivity index (χ3v) is 10.9. The van der Waals surface area contributed by atoms with Gasteiger partial charge in [0.1, 0.15) is 5.69 Å². The predicted molar refractivity (Wildman–Crippen MR) is 151 cm³/mol. The summed E-state index contributed by atoms with van der Waals surface area (Å²) in [4.78, 5) is 25.9. The van der Waals surface area contributed by atoms with Crippen molar-refractivity contribution >= 4 is 67.8 Å². The van der Waals surface area contributed by atoms with Gasteiger partial charge in [-0.25, -0.2) is 13.4 Å². The maximum absolute atomic E-state index is 13.2. The summed E-state index contributed by atoms with van der Waals surface area (Å²) < 4.78 is 27.7. The predicted octanol–water partition coefficient (Wildman–Crippen LogP) is 5.34. The number of anilines is 1. The molecule has 0 unspecified atom stereocenters. The number of aryl methyl sites for hydroxylation is 1. The molecule has 3 aromatic rings. The van der Waals surface area contributed by atoms with Crippen molar-refractivity contribution in [2.75, 3.05) is 44.2 Å². The van der Waals surface area contributed by atoms with Crippen molar-refractivity contribution in [1.29, 1.82) is 0 Å². The number of sulfonamides is 1. The Bertz CT molecular complexity index is 1430. The van der Waals surface area contributed by atoms with Crippen LogP contribution in [0.3, 0.4) is 0 Å². The lowest BCUT2D eigenvalue weighted by molar-refractivity contribution is 0.0741. The van der Waals surface area contributed by atoms with Gasteiger partial charge in [0.15, 0.2) is 0 Å². The van der Waals surface area contributed by atoms with Gasteiger partial charge in [-0.05, 0) is 37.5 Å². The molecule has 13 heteroatoms. The monoisotopic (exact) mass is 613 g/mol. The third kappa shape index (κ3) is 5.52. The first-order chi connectivity index (χ1) is 18.1. The molecule has 202 valence electrons. The Balaban J connectivity index is 1.18. The molecule has 0 N–H and O–H groups in total. The lowest BCUT2D eigenvalue weighted by Crippen LogP contribution is -2.49. The van der Waals surface area contributed by atoms with Gasteiger partial charge in [-0.3, -0.25) is 9.78 Å². The fourth-order valence-corrected chi connectivity index (χ4v) is 8.11. The number of hydrogen-bond donors (Lipinski definition) is 0. The number of nitrogens with zero attached hydrogens (tertiary/aromatic N) is 5. The van der Waals surface area contributed by atoms with Gasteiger partial charge in [-0.1, -0.05) is 40.9 Å². The summed E-state index contributed by atoms with van der Waals surface area (Å²) in [5, 5.41) is 4.09. The number of hydrogen-bond acceptors (Lipinski definition) is 7. The molecule has 0 aliphatic carbocycles. The molecule has 0 saturated carbocycles. The summed E-state index contributed by atoms with van der Waals surface area (Å²) in [5.41, 5.74) is 2.01. The van der Waals surface area contributed by atoms with E-state index in [0.29, 0.717) is 72.9 Å². The van der Waals surface area contributed by atoms with E-state index in [-0.39, 0.29) is 16.7 Å². The minimum absolute atomic E-state index is 0.102. The van der Waals surface area contributed by atoms with Crippen LogP contribution >= 0.6 is 46.1 Å². The summed E-state index contributed by atoms with van der Waals surface area (Å²) in [6.07, 6.45) is 4.42. The van der Waals surface area contributed by atoms with E-state index >= 15 is 0 Å². The second kappa shape index (κ2) is 11.3. The van der Waals surface area contributed by atoms with E-state index in [1.807, 2.05) is 6.92 Å². The van der Waals surface area contributed by atoms with Gasteiger partial charge in [0.05, 0.1) is 25.6 Å². The van der Waals surface area contributed by atoms with Gasteiger partial charge in [-0.2, -0.15) is 4.31 Å². The van der Waals surface area contributed by atoms with Crippen LogP contribution in [0.1, 0.15) is 39.8 Å². The summed E-state index contributed by atoms with van der Waals surface area (Å²) in [5.74, 6) is 0.0118. The highest BCUT2D eigenvalue weighted by molar-refractivity contribution is 7.89. The van der Waals surface area contributed by atoms with Gasteiger partial charge >= 0.3 is 0 Å². The molecule has 2 fully saturated rings. The molecule has 38 heavy (non-hydrogen) atoms. The van der Waals surface area contributed by atoms with E-state index < -0.39 is 10.0 Å². The fourth-order valence-electron chi connectivity index (χ4n) is 4.80. The second-order valence-electron chi connectivity index (χ2n) is 9.39. The molecule has 0 radical (unpaired) electrons. The van der Waals surface area contributed by atoms with Crippen molar-refractivity contribution < 1.29 is 13.2 Å². The van der Waals surface area contributed by atoms with Crippen LogP contribution in [0.15, 0.2) is 40.9 Å². The van der Waals surface area contributed by atoms with Crippen molar-refractivity contribution in [3.8, 4) is 0 Å². The number of amides is 1. The number of piperidine rings is 1. The lowest BCUT2D eigenvalue weighted by Gasteiger charge is -2.36. The van der Waals surface area contributed by atoms with E-state index in [2.05, 4.69) is 14.9 Å². The Morgan fingerprint density at radius 2 is 1.63 bits per heavy atom. The zero-order valence-electron chi connectivity index (χ0n) is 20.6. The highest BCUT2D eigenvalue weighted by atomic mass is 35.5. The maximum atomic E-state index is 13.2. The Morgan fingerprint density at radius 3 is 2.26 bits per heavy atom. The molecule has 0 bridgehead atoms. The first-order valence-corrected chi connectivity index (χ1v) is 15.7. The zero-order chi connectivity index (χ0) is 27.0. The number of thiazole rings is 1. The standard InChI is InChI=1S/C25H26Cl3N5O3S2/c1-16-2-3-18(12-19(16)26)38(35,36)33-6-4-17(5-7-33)24-30-22(15-37-24)25(34)32-10-8-31(9-11-32)23-20(27)13-29-14-21(23)28/h2-3,12-15,17H,4-11H2,1H3. The van der Waals surface area contributed by atoms with E-state index in [1.165, 1.54) is 21.7 Å². The first-order valence-electron chi connectivity index (χ1n) is 12.2. The minimum atomic E-state index is -3.61. The highest BCUT2D eigenvalue weighted by Crippen LogP contribution is 2.35. The second-order valence-corrected chi connectivity index (χ2v) is 13.4. The SMILES string of the molecule is Cc1ccc(S(=O)(=O)N2CCC(c3nc(C(=O)N4CCN(c5c(Cl)cncc5Cl)CC4)cs3)CC2)cc1Cl. The van der Waals surface area contributed by atoms with Gasteiger partial charge < -0.3 is 9.80 Å². The van der Waals surface area contributed by atoms with Crippen molar-refractivity contribution in [2.45, 2.75) is 30.6 Å². The van der Waals surface area contributed by atoms with Crippen LogP contribution in [0.5, 0.6) is 0 Å². The molecule has 0 spiro atoms. The molecule has 4 heterocycles. The molecular weight excluding hydrogens is 589 g/mol. The molecule has 0 atom stereocenters. The summed E-state index contributed by atoms with van der Waals surface area (Å²) in [7, 11) is -3.61. The molecule has 2 saturated heterocycles. The summed E-state index contributed by atoms with van der Waals surface area (Å²) >= 11 is 20.2. The number of aromatic nitrogens is 2. The van der Waals surface area contributed by atoms with Crippen molar-refractivity contribution in [3.63, 3.8) is 0 Å². The van der Waals surface area contributed by atoms with Crippen LogP contribution in [0.4, 0.5) is 5.69 Å². The molecule has 1 aromatic carbocycles. The quantitative estimate of drug-likeness (QED) is 0.386. The van der Waals surface area contributed by atoms with Gasteiger partial charge in [0, 0.05) is 68.0 Å². The van der Waals surface area contributed by atoms with Crippen LogP contribution in [0.25, 0.3) is 0 Å². The Labute approximate surface area is 241 Å². The number of rotatable bonds is 5. The highest BCUT2D eigenvalue weighted by Gasteiger charge is 2.32. The van der Waals surface area contributed by atoms with Gasteiger partial charge in [0.2, 0.25) is 10.0 Å². The minimum Gasteiger partial charge on any atom is -0.365 e. The van der Waals surface area contributed by atoms with Crippen LogP contribution < -0.4 is 4.90 Å². The molecule has 1 amide bonds. The Morgan fingerprint density at radius 1 is 0.974 bits per heavy atom. The van der Waals surface area contributed by atoms with E-state index in [4.69, 9.17) is 34.8 Å². The Hall–Kier alpha value is -1.95.